The quantitative estimate of drug-likeness (QED) is 0.558. The van der Waals surface area contributed by atoms with Crippen LogP contribution in [0.5, 0.6) is 17.2 Å². The summed E-state index contributed by atoms with van der Waals surface area (Å²) in [6.45, 7) is 6.30. The fourth-order valence-corrected chi connectivity index (χ4v) is 3.51. The molecule has 0 radical (unpaired) electrons. The van der Waals surface area contributed by atoms with Crippen LogP contribution in [0.3, 0.4) is 0 Å². The fourth-order valence-electron chi connectivity index (χ4n) is 3.51. The molecule has 6 nitrogen and oxygen atoms in total. The Morgan fingerprint density at radius 3 is 2.53 bits per heavy atom. The molecular formula is C24H27NO5. The summed E-state index contributed by atoms with van der Waals surface area (Å²) in [5.41, 5.74) is 5.16. The van der Waals surface area contributed by atoms with E-state index >= 15 is 0 Å². The van der Waals surface area contributed by atoms with Crippen LogP contribution < -0.4 is 19.5 Å². The molecule has 2 aromatic carbocycles. The first-order valence-electron chi connectivity index (χ1n) is 9.75. The maximum absolute atomic E-state index is 11.9. The van der Waals surface area contributed by atoms with Gasteiger partial charge < -0.3 is 23.9 Å². The van der Waals surface area contributed by atoms with Gasteiger partial charge in [-0.25, -0.2) is 0 Å². The maximum Gasteiger partial charge on any atom is 0.244 e. The van der Waals surface area contributed by atoms with E-state index < -0.39 is 0 Å². The number of methoxy groups -OCH3 is 2. The van der Waals surface area contributed by atoms with E-state index in [2.05, 4.69) is 5.32 Å². The zero-order valence-electron chi connectivity index (χ0n) is 18.2. The molecule has 1 aromatic heterocycles. The number of carbonyl (C=O) groups is 1. The van der Waals surface area contributed by atoms with Crippen molar-refractivity contribution in [1.29, 1.82) is 0 Å². The van der Waals surface area contributed by atoms with Crippen molar-refractivity contribution < 1.29 is 23.4 Å². The Labute approximate surface area is 176 Å². The Morgan fingerprint density at radius 2 is 1.90 bits per heavy atom. The van der Waals surface area contributed by atoms with Crippen molar-refractivity contribution in [3.05, 3.63) is 47.7 Å². The van der Waals surface area contributed by atoms with Gasteiger partial charge in [-0.2, -0.15) is 0 Å². The first-order chi connectivity index (χ1) is 14.4. The topological polar surface area (TPSA) is 69.9 Å². The highest BCUT2D eigenvalue weighted by molar-refractivity contribution is 6.01. The van der Waals surface area contributed by atoms with Gasteiger partial charge in [0.15, 0.2) is 11.5 Å². The SMILES string of the molecule is CCOc1c(/C(C)=C/C(=O)NC)cc2c(-c3ccc(OC)c(OC)c3)coc2c1C. The van der Waals surface area contributed by atoms with Crippen LogP contribution >= 0.6 is 0 Å². The number of hydrogen-bond donors (Lipinski definition) is 1. The van der Waals surface area contributed by atoms with Gasteiger partial charge in [-0.3, -0.25) is 4.79 Å². The van der Waals surface area contributed by atoms with Gasteiger partial charge in [-0.1, -0.05) is 6.07 Å². The minimum Gasteiger partial charge on any atom is -0.493 e. The van der Waals surface area contributed by atoms with Crippen LogP contribution in [0.1, 0.15) is 25.0 Å². The Bertz CT molecular complexity index is 1110. The van der Waals surface area contributed by atoms with E-state index in [0.717, 1.165) is 44.5 Å². The van der Waals surface area contributed by atoms with Crippen molar-refractivity contribution in [1.82, 2.24) is 5.32 Å². The predicted molar refractivity (Wildman–Crippen MR) is 118 cm³/mol. The van der Waals surface area contributed by atoms with E-state index in [1.54, 1.807) is 33.6 Å². The lowest BCUT2D eigenvalue weighted by Gasteiger charge is -2.15. The lowest BCUT2D eigenvalue weighted by atomic mass is 9.96. The monoisotopic (exact) mass is 409 g/mol. The Balaban J connectivity index is 2.25. The van der Waals surface area contributed by atoms with Crippen LogP contribution in [0.2, 0.25) is 0 Å². The van der Waals surface area contributed by atoms with Crippen LogP contribution in [0.25, 0.3) is 27.7 Å². The molecule has 0 aliphatic heterocycles. The van der Waals surface area contributed by atoms with Crippen LogP contribution in [0, 0.1) is 6.92 Å². The van der Waals surface area contributed by atoms with E-state index in [9.17, 15) is 4.79 Å². The molecule has 1 N–H and O–H groups in total. The number of aryl methyl sites for hydroxylation is 1. The molecule has 0 unspecified atom stereocenters. The lowest BCUT2D eigenvalue weighted by molar-refractivity contribution is -0.116. The molecule has 0 aliphatic rings. The summed E-state index contributed by atoms with van der Waals surface area (Å²) in [4.78, 5) is 11.9. The summed E-state index contributed by atoms with van der Waals surface area (Å²) >= 11 is 0. The summed E-state index contributed by atoms with van der Waals surface area (Å²) in [7, 11) is 4.82. The number of rotatable bonds is 7. The second-order valence-corrected chi connectivity index (χ2v) is 6.85. The smallest absolute Gasteiger partial charge is 0.244 e. The summed E-state index contributed by atoms with van der Waals surface area (Å²) < 4.78 is 22.7. The standard InChI is InChI=1S/C24H27NO5/c1-7-29-23-15(3)24-18(12-17(23)14(2)10-22(26)25-4)19(13-30-24)16-8-9-20(27-5)21(11-16)28-6/h8-13H,7H2,1-6H3,(H,25,26)/b14-10+. The summed E-state index contributed by atoms with van der Waals surface area (Å²) in [6.07, 6.45) is 3.30. The van der Waals surface area contributed by atoms with Crippen molar-refractivity contribution in [2.75, 3.05) is 27.9 Å². The van der Waals surface area contributed by atoms with E-state index in [0.29, 0.717) is 18.1 Å². The Hall–Kier alpha value is -3.41. The maximum atomic E-state index is 11.9. The van der Waals surface area contributed by atoms with Crippen molar-refractivity contribution in [3.8, 4) is 28.4 Å². The predicted octanol–water partition coefficient (Wildman–Crippen LogP) is 4.97. The molecule has 1 amide bonds. The van der Waals surface area contributed by atoms with E-state index in [1.807, 2.05) is 45.0 Å². The number of nitrogens with one attached hydrogen (secondary N) is 1. The molecule has 0 bridgehead atoms. The van der Waals surface area contributed by atoms with E-state index in [1.165, 1.54) is 0 Å². The average Bonchev–Trinajstić information content (AvgIpc) is 3.19. The molecule has 0 saturated carbocycles. The Morgan fingerprint density at radius 1 is 1.17 bits per heavy atom. The second kappa shape index (κ2) is 8.95. The summed E-state index contributed by atoms with van der Waals surface area (Å²) in [5.74, 6) is 1.85. The molecule has 6 heteroatoms. The number of likely N-dealkylation sites (N-methyl/N-ethyl adjacent to an activating group) is 1. The highest BCUT2D eigenvalue weighted by atomic mass is 16.5. The lowest BCUT2D eigenvalue weighted by Crippen LogP contribution is -2.14. The van der Waals surface area contributed by atoms with Gasteiger partial charge >= 0.3 is 0 Å². The largest absolute Gasteiger partial charge is 0.493 e. The molecular weight excluding hydrogens is 382 g/mol. The zero-order chi connectivity index (χ0) is 21.8. The minimum atomic E-state index is -0.167. The van der Waals surface area contributed by atoms with Gasteiger partial charge in [0.1, 0.15) is 11.3 Å². The third kappa shape index (κ3) is 3.85. The molecule has 0 spiro atoms. The molecule has 158 valence electrons. The summed E-state index contributed by atoms with van der Waals surface area (Å²) in [5, 5.41) is 3.56. The first kappa shape index (κ1) is 21.3. The highest BCUT2D eigenvalue weighted by Crippen LogP contribution is 2.42. The van der Waals surface area contributed by atoms with Crippen molar-refractivity contribution in [2.45, 2.75) is 20.8 Å². The highest BCUT2D eigenvalue weighted by Gasteiger charge is 2.20. The van der Waals surface area contributed by atoms with Crippen LogP contribution in [-0.2, 0) is 4.79 Å². The van der Waals surface area contributed by atoms with Crippen molar-refractivity contribution >= 4 is 22.4 Å². The third-order valence-corrected chi connectivity index (χ3v) is 5.05. The number of fused-ring (bicyclic) bond motifs is 1. The molecule has 3 aromatic rings. The van der Waals surface area contributed by atoms with E-state index in [-0.39, 0.29) is 5.91 Å². The average molecular weight is 409 g/mol. The molecule has 0 fully saturated rings. The summed E-state index contributed by atoms with van der Waals surface area (Å²) in [6, 6.07) is 7.76. The second-order valence-electron chi connectivity index (χ2n) is 6.85. The molecule has 0 aliphatic carbocycles. The van der Waals surface area contributed by atoms with Crippen molar-refractivity contribution in [3.63, 3.8) is 0 Å². The van der Waals surface area contributed by atoms with Gasteiger partial charge in [-0.15, -0.1) is 0 Å². The number of furan rings is 1. The molecule has 0 atom stereocenters. The number of hydrogen-bond acceptors (Lipinski definition) is 5. The van der Waals surface area contributed by atoms with Gasteiger partial charge in [-0.05, 0) is 50.1 Å². The molecule has 3 rings (SSSR count). The van der Waals surface area contributed by atoms with Crippen LogP contribution in [0.4, 0.5) is 0 Å². The van der Waals surface area contributed by atoms with Gasteiger partial charge in [0.25, 0.3) is 0 Å². The molecule has 30 heavy (non-hydrogen) atoms. The first-order valence-corrected chi connectivity index (χ1v) is 9.75. The molecule has 0 saturated heterocycles. The number of carbonyl (C=O) groups excluding carboxylic acids is 1. The van der Waals surface area contributed by atoms with Crippen molar-refractivity contribution in [2.24, 2.45) is 0 Å². The number of benzene rings is 2. The van der Waals surface area contributed by atoms with E-state index in [4.69, 9.17) is 18.6 Å². The third-order valence-electron chi connectivity index (χ3n) is 5.05. The number of allylic oxidation sites excluding steroid dienone is 1. The number of ether oxygens (including phenoxy) is 3. The van der Waals surface area contributed by atoms with Gasteiger partial charge in [0.2, 0.25) is 5.91 Å². The fraction of sp³-hybridized carbons (Fsp3) is 0.292. The number of amides is 1. The normalized spacial score (nSPS) is 11.5. The van der Waals surface area contributed by atoms with Gasteiger partial charge in [0, 0.05) is 35.2 Å². The minimum absolute atomic E-state index is 0.167. The zero-order valence-corrected chi connectivity index (χ0v) is 18.2. The van der Waals surface area contributed by atoms with Crippen LogP contribution in [-0.4, -0.2) is 33.8 Å². The Kier molecular flexibility index (Phi) is 6.35. The van der Waals surface area contributed by atoms with Crippen LogP contribution in [0.15, 0.2) is 41.0 Å². The molecule has 1 heterocycles. The van der Waals surface area contributed by atoms with Gasteiger partial charge in [0.05, 0.1) is 27.1 Å².